The van der Waals surface area contributed by atoms with Gasteiger partial charge in [-0.3, -0.25) is 9.80 Å². The summed E-state index contributed by atoms with van der Waals surface area (Å²) in [6.45, 7) is 21.9. The molecule has 12 heteroatoms. The van der Waals surface area contributed by atoms with Gasteiger partial charge in [-0.1, -0.05) is 112 Å². The molecule has 1 aromatic heterocycles. The number of hydrogen-bond donors (Lipinski definition) is 0. The number of aromatic nitrogens is 2. The summed E-state index contributed by atoms with van der Waals surface area (Å²) in [7, 11) is -2.91. The van der Waals surface area contributed by atoms with Crippen molar-refractivity contribution in [2.45, 2.75) is 84.2 Å². The van der Waals surface area contributed by atoms with Crippen molar-refractivity contribution < 1.29 is 23.4 Å². The summed E-state index contributed by atoms with van der Waals surface area (Å²) in [6.07, 6.45) is 1.38. The third kappa shape index (κ3) is 10.5. The number of benzene rings is 3. The van der Waals surface area contributed by atoms with E-state index in [1.807, 2.05) is 25.7 Å². The normalized spacial score (nSPS) is 18.4. The first-order chi connectivity index (χ1) is 28.4. The average Bonchev–Trinajstić information content (AvgIpc) is 3.22. The van der Waals surface area contributed by atoms with Crippen molar-refractivity contribution >= 4 is 30.6 Å². The van der Waals surface area contributed by atoms with Crippen molar-refractivity contribution in [3.05, 3.63) is 108 Å². The molecule has 7 rings (SSSR count). The fraction of sp³-hybridized carbons (Fsp3) is 0.511. The third-order valence-electron chi connectivity index (χ3n) is 11.6. The molecule has 4 heterocycles. The number of anilines is 1. The third-order valence-corrected chi connectivity index (χ3v) is 16.6. The van der Waals surface area contributed by atoms with Gasteiger partial charge in [0.1, 0.15) is 11.4 Å². The van der Waals surface area contributed by atoms with E-state index in [0.717, 1.165) is 75.9 Å². The van der Waals surface area contributed by atoms with Gasteiger partial charge in [-0.2, -0.15) is 9.97 Å². The molecule has 3 aliphatic heterocycles. The summed E-state index contributed by atoms with van der Waals surface area (Å²) < 4.78 is 25.5. The molecule has 2 saturated heterocycles. The fourth-order valence-electron chi connectivity index (χ4n) is 8.75. The summed E-state index contributed by atoms with van der Waals surface area (Å²) in [5, 5.41) is 2.23. The SMILES string of the molecule is CC(C)(C)OC(=O)N1CCN(c2nc(OCCCN3CCOCC3)nc3c2CCN(Cc2ccccc2)C3)C(CO[Si](c2ccccc2)(c2ccccc2)C(C)(C)C)C1. The van der Waals surface area contributed by atoms with E-state index in [2.05, 4.69) is 126 Å². The van der Waals surface area contributed by atoms with Crippen LogP contribution in [0.2, 0.25) is 5.04 Å². The monoisotopic (exact) mass is 820 g/mol. The predicted octanol–water partition coefficient (Wildman–Crippen LogP) is 6.14. The minimum absolute atomic E-state index is 0.210. The topological polar surface area (TPSA) is 92.7 Å². The Morgan fingerprint density at radius 2 is 1.44 bits per heavy atom. The summed E-state index contributed by atoms with van der Waals surface area (Å²) in [4.78, 5) is 33.2. The van der Waals surface area contributed by atoms with Gasteiger partial charge in [-0.15, -0.1) is 0 Å². The van der Waals surface area contributed by atoms with Crippen molar-refractivity contribution in [3.8, 4) is 6.01 Å². The number of nitrogens with zero attached hydrogens (tertiary/aromatic N) is 6. The van der Waals surface area contributed by atoms with Crippen molar-refractivity contribution in [2.24, 2.45) is 0 Å². The Morgan fingerprint density at radius 3 is 2.07 bits per heavy atom. The van der Waals surface area contributed by atoms with Crippen LogP contribution in [0.3, 0.4) is 0 Å². The highest BCUT2D eigenvalue weighted by Crippen LogP contribution is 2.38. The maximum Gasteiger partial charge on any atom is 0.410 e. The molecule has 4 aromatic rings. The summed E-state index contributed by atoms with van der Waals surface area (Å²) in [5.74, 6) is 0.887. The molecule has 1 unspecified atom stereocenters. The van der Waals surface area contributed by atoms with Gasteiger partial charge in [0.15, 0.2) is 0 Å². The average molecular weight is 821 g/mol. The Labute approximate surface area is 352 Å². The van der Waals surface area contributed by atoms with Gasteiger partial charge in [0.2, 0.25) is 0 Å². The van der Waals surface area contributed by atoms with Crippen LogP contribution in [0.5, 0.6) is 6.01 Å². The van der Waals surface area contributed by atoms with Gasteiger partial charge in [-0.25, -0.2) is 4.79 Å². The first-order valence-corrected chi connectivity index (χ1v) is 23.4. The molecule has 0 spiro atoms. The van der Waals surface area contributed by atoms with Crippen LogP contribution in [-0.2, 0) is 33.4 Å². The van der Waals surface area contributed by atoms with Gasteiger partial charge < -0.3 is 28.4 Å². The molecule has 1 amide bonds. The molecule has 0 N–H and O–H groups in total. The highest BCUT2D eigenvalue weighted by Gasteiger charge is 2.51. The summed E-state index contributed by atoms with van der Waals surface area (Å²) >= 11 is 0. The Kier molecular flexibility index (Phi) is 13.7. The lowest BCUT2D eigenvalue weighted by Gasteiger charge is -2.47. The number of amides is 1. The van der Waals surface area contributed by atoms with Crippen molar-refractivity contribution in [1.82, 2.24) is 24.7 Å². The van der Waals surface area contributed by atoms with Crippen LogP contribution in [0.4, 0.5) is 10.6 Å². The lowest BCUT2D eigenvalue weighted by atomic mass is 10.0. The molecular formula is C47H64N6O5Si. The molecule has 0 bridgehead atoms. The molecule has 0 saturated carbocycles. The number of hydrogen-bond acceptors (Lipinski definition) is 10. The Balaban J connectivity index is 1.23. The lowest BCUT2D eigenvalue weighted by Crippen LogP contribution is -2.68. The van der Waals surface area contributed by atoms with Crippen LogP contribution in [-0.4, -0.2) is 123 Å². The van der Waals surface area contributed by atoms with Crippen LogP contribution in [0.15, 0.2) is 91.0 Å². The van der Waals surface area contributed by atoms with Crippen LogP contribution in [0.25, 0.3) is 0 Å². The van der Waals surface area contributed by atoms with E-state index < -0.39 is 13.9 Å². The minimum Gasteiger partial charge on any atom is -0.463 e. The first-order valence-electron chi connectivity index (χ1n) is 21.5. The van der Waals surface area contributed by atoms with Gasteiger partial charge in [0.25, 0.3) is 8.32 Å². The zero-order valence-electron chi connectivity index (χ0n) is 36.1. The molecule has 2 fully saturated rings. The van der Waals surface area contributed by atoms with E-state index in [-0.39, 0.29) is 17.2 Å². The molecule has 1 atom stereocenters. The van der Waals surface area contributed by atoms with Gasteiger partial charge >= 0.3 is 12.1 Å². The zero-order chi connectivity index (χ0) is 41.5. The molecule has 316 valence electrons. The van der Waals surface area contributed by atoms with E-state index in [1.165, 1.54) is 15.9 Å². The van der Waals surface area contributed by atoms with Crippen LogP contribution in [0, 0.1) is 0 Å². The second-order valence-electron chi connectivity index (χ2n) is 18.1. The van der Waals surface area contributed by atoms with E-state index >= 15 is 0 Å². The molecule has 11 nitrogen and oxygen atoms in total. The Bertz CT molecular complexity index is 1910. The highest BCUT2D eigenvalue weighted by atomic mass is 28.4. The molecule has 0 aliphatic carbocycles. The Morgan fingerprint density at radius 1 is 0.797 bits per heavy atom. The Hall–Kier alpha value is -4.33. The van der Waals surface area contributed by atoms with E-state index in [4.69, 9.17) is 28.6 Å². The van der Waals surface area contributed by atoms with E-state index in [1.54, 1.807) is 0 Å². The minimum atomic E-state index is -2.91. The molecule has 0 radical (unpaired) electrons. The van der Waals surface area contributed by atoms with Crippen molar-refractivity contribution in [2.75, 3.05) is 77.1 Å². The van der Waals surface area contributed by atoms with Crippen LogP contribution >= 0.6 is 0 Å². The number of carbonyl (C=O) groups excluding carboxylic acids is 1. The number of piperazine rings is 1. The number of morpholine rings is 1. The van der Waals surface area contributed by atoms with Crippen LogP contribution < -0.4 is 20.0 Å². The number of fused-ring (bicyclic) bond motifs is 1. The summed E-state index contributed by atoms with van der Waals surface area (Å²) in [6, 6.07) is 32.3. The van der Waals surface area contributed by atoms with E-state index in [9.17, 15) is 4.79 Å². The lowest BCUT2D eigenvalue weighted by molar-refractivity contribution is 0.0199. The largest absolute Gasteiger partial charge is 0.463 e. The standard InChI is InChI=1S/C47H64N6O5Si/c1-46(2,3)58-45(54)52-26-27-53(38(34-52)36-57-59(47(4,5)6,39-19-12-8-13-20-39)40-21-14-9-15-22-40)43-41-23-25-51(33-37-17-10-7-11-18-37)35-42(41)48-44(49-43)56-30-16-24-50-28-31-55-32-29-50/h7-15,17-22,38H,16,23-36H2,1-6H3. The van der Waals surface area contributed by atoms with Crippen molar-refractivity contribution in [1.29, 1.82) is 0 Å². The first kappa shape index (κ1) is 42.8. The molecule has 3 aliphatic rings. The molecule has 59 heavy (non-hydrogen) atoms. The predicted molar refractivity (Wildman–Crippen MR) is 236 cm³/mol. The second-order valence-corrected chi connectivity index (χ2v) is 22.4. The van der Waals surface area contributed by atoms with Gasteiger partial charge in [-0.05, 0) is 54.6 Å². The van der Waals surface area contributed by atoms with Gasteiger partial charge in [0, 0.05) is 64.5 Å². The maximum atomic E-state index is 13.7. The second kappa shape index (κ2) is 18.9. The van der Waals surface area contributed by atoms with E-state index in [0.29, 0.717) is 45.4 Å². The molecule has 3 aromatic carbocycles. The van der Waals surface area contributed by atoms with Gasteiger partial charge in [0.05, 0.1) is 38.2 Å². The molecular weight excluding hydrogens is 757 g/mol. The highest BCUT2D eigenvalue weighted by molar-refractivity contribution is 6.99. The quantitative estimate of drug-likeness (QED) is 0.116. The number of rotatable bonds is 13. The fourth-order valence-corrected chi connectivity index (χ4v) is 13.3. The summed E-state index contributed by atoms with van der Waals surface area (Å²) in [5.41, 5.74) is 2.82. The zero-order valence-corrected chi connectivity index (χ0v) is 37.1. The maximum absolute atomic E-state index is 13.7. The number of carbonyl (C=O) groups is 1. The smallest absolute Gasteiger partial charge is 0.410 e. The number of ether oxygens (including phenoxy) is 3. The van der Waals surface area contributed by atoms with Crippen LogP contribution in [0.1, 0.15) is 64.8 Å². The van der Waals surface area contributed by atoms with Crippen molar-refractivity contribution in [3.63, 3.8) is 0 Å².